The summed E-state index contributed by atoms with van der Waals surface area (Å²) >= 11 is 3.51. The first-order valence-corrected chi connectivity index (χ1v) is 5.91. The summed E-state index contributed by atoms with van der Waals surface area (Å²) in [7, 11) is 1.69. The smallest absolute Gasteiger partial charge is 0.0724 e. The first-order valence-electron chi connectivity index (χ1n) is 5.12. The van der Waals surface area contributed by atoms with Crippen molar-refractivity contribution in [3.8, 4) is 0 Å². The Bertz CT molecular complexity index is 359. The lowest BCUT2D eigenvalue weighted by Gasteiger charge is -2.10. The highest BCUT2D eigenvalue weighted by atomic mass is 79.9. The molecule has 0 unspecified atom stereocenters. The van der Waals surface area contributed by atoms with Crippen LogP contribution in [0.5, 0.6) is 0 Å². The molecule has 1 aliphatic rings. The van der Waals surface area contributed by atoms with Crippen LogP contribution < -0.4 is 0 Å². The zero-order chi connectivity index (χ0) is 10.9. The summed E-state index contributed by atoms with van der Waals surface area (Å²) in [5, 5.41) is 9.81. The van der Waals surface area contributed by atoms with E-state index in [1.807, 2.05) is 0 Å². The third-order valence-corrected chi connectivity index (χ3v) is 3.52. The van der Waals surface area contributed by atoms with Crippen molar-refractivity contribution in [2.45, 2.75) is 31.5 Å². The fourth-order valence-corrected chi connectivity index (χ4v) is 2.22. The van der Waals surface area contributed by atoms with E-state index in [0.717, 1.165) is 29.3 Å². The zero-order valence-corrected chi connectivity index (χ0v) is 10.4. The van der Waals surface area contributed by atoms with Gasteiger partial charge in [0.2, 0.25) is 0 Å². The summed E-state index contributed by atoms with van der Waals surface area (Å²) in [5.74, 6) is 0. The molecule has 3 heteroatoms. The molecule has 0 aromatic heterocycles. The summed E-state index contributed by atoms with van der Waals surface area (Å²) < 4.78 is 6.14. The van der Waals surface area contributed by atoms with E-state index in [4.69, 9.17) is 4.74 Å². The van der Waals surface area contributed by atoms with Crippen LogP contribution in [0.2, 0.25) is 0 Å². The molecule has 0 bridgehead atoms. The molecule has 0 atom stereocenters. The molecule has 0 aliphatic heterocycles. The van der Waals surface area contributed by atoms with Crippen LogP contribution in [0.4, 0.5) is 0 Å². The van der Waals surface area contributed by atoms with Crippen molar-refractivity contribution in [2.75, 3.05) is 7.11 Å². The molecule has 1 N–H and O–H groups in total. The van der Waals surface area contributed by atoms with Gasteiger partial charge >= 0.3 is 0 Å². The van der Waals surface area contributed by atoms with Crippen LogP contribution in [0.15, 0.2) is 22.7 Å². The highest BCUT2D eigenvalue weighted by Gasteiger charge is 2.40. The molecular formula is C12H15BrO2. The third kappa shape index (κ3) is 2.80. The minimum absolute atomic E-state index is 0.414. The number of halogens is 1. The van der Waals surface area contributed by atoms with Crippen molar-refractivity contribution >= 4 is 15.9 Å². The molecule has 1 aliphatic carbocycles. The van der Waals surface area contributed by atoms with E-state index in [1.165, 1.54) is 5.56 Å². The molecule has 0 amide bonds. The molecule has 2 nitrogen and oxygen atoms in total. The number of benzene rings is 1. The van der Waals surface area contributed by atoms with Crippen LogP contribution in [-0.4, -0.2) is 17.8 Å². The summed E-state index contributed by atoms with van der Waals surface area (Å²) in [6.07, 6.45) is 2.63. The average molecular weight is 271 g/mol. The summed E-state index contributed by atoms with van der Waals surface area (Å²) in [6, 6.07) is 6.19. The van der Waals surface area contributed by atoms with Crippen LogP contribution in [0, 0.1) is 0 Å². The van der Waals surface area contributed by atoms with E-state index >= 15 is 0 Å². The van der Waals surface area contributed by atoms with Crippen LogP contribution >= 0.6 is 15.9 Å². The van der Waals surface area contributed by atoms with Gasteiger partial charge in [-0.25, -0.2) is 0 Å². The van der Waals surface area contributed by atoms with E-state index in [-0.39, 0.29) is 0 Å². The number of hydrogen-bond donors (Lipinski definition) is 1. The molecule has 1 aromatic carbocycles. The fraction of sp³-hybridized carbons (Fsp3) is 0.500. The van der Waals surface area contributed by atoms with Gasteiger partial charge in [-0.15, -0.1) is 0 Å². The molecule has 0 spiro atoms. The molecule has 1 fully saturated rings. The molecular weight excluding hydrogens is 256 g/mol. The highest BCUT2D eigenvalue weighted by molar-refractivity contribution is 9.10. The van der Waals surface area contributed by atoms with E-state index in [9.17, 15) is 5.11 Å². The molecule has 1 aromatic rings. The Kier molecular flexibility index (Phi) is 3.14. The van der Waals surface area contributed by atoms with Crippen molar-refractivity contribution < 1.29 is 9.84 Å². The monoisotopic (exact) mass is 270 g/mol. The SMILES string of the molecule is COCc1ccc(CC2(O)CC2)cc1Br. The lowest BCUT2D eigenvalue weighted by atomic mass is 10.0. The van der Waals surface area contributed by atoms with Gasteiger partial charge in [0.1, 0.15) is 0 Å². The lowest BCUT2D eigenvalue weighted by molar-refractivity contribution is 0.151. The van der Waals surface area contributed by atoms with Gasteiger partial charge in [-0.3, -0.25) is 0 Å². The Morgan fingerprint density at radius 1 is 1.47 bits per heavy atom. The third-order valence-electron chi connectivity index (χ3n) is 2.78. The second-order valence-corrected chi connectivity index (χ2v) is 5.11. The lowest BCUT2D eigenvalue weighted by Crippen LogP contribution is -2.10. The predicted molar refractivity (Wildman–Crippen MR) is 62.7 cm³/mol. The van der Waals surface area contributed by atoms with Gasteiger partial charge in [0.25, 0.3) is 0 Å². The summed E-state index contributed by atoms with van der Waals surface area (Å²) in [4.78, 5) is 0. The molecule has 15 heavy (non-hydrogen) atoms. The van der Waals surface area contributed by atoms with Crippen molar-refractivity contribution in [1.29, 1.82) is 0 Å². The largest absolute Gasteiger partial charge is 0.390 e. The number of hydrogen-bond acceptors (Lipinski definition) is 2. The van der Waals surface area contributed by atoms with Crippen LogP contribution in [0.25, 0.3) is 0 Å². The number of rotatable bonds is 4. The first-order chi connectivity index (χ1) is 7.13. The second kappa shape index (κ2) is 4.24. The molecule has 82 valence electrons. The Labute approximate surface area is 98.4 Å². The Balaban J connectivity index is 2.10. The van der Waals surface area contributed by atoms with Gasteiger partial charge in [-0.1, -0.05) is 28.1 Å². The number of aliphatic hydroxyl groups is 1. The van der Waals surface area contributed by atoms with Crippen molar-refractivity contribution in [3.05, 3.63) is 33.8 Å². The van der Waals surface area contributed by atoms with E-state index < -0.39 is 5.60 Å². The van der Waals surface area contributed by atoms with Crippen LogP contribution in [0.3, 0.4) is 0 Å². The topological polar surface area (TPSA) is 29.5 Å². The maximum absolute atomic E-state index is 9.81. The fourth-order valence-electron chi connectivity index (χ4n) is 1.67. The first kappa shape index (κ1) is 11.1. The van der Waals surface area contributed by atoms with Gasteiger partial charge in [-0.2, -0.15) is 0 Å². The minimum Gasteiger partial charge on any atom is -0.390 e. The molecule has 0 radical (unpaired) electrons. The Hall–Kier alpha value is -0.380. The van der Waals surface area contributed by atoms with Gasteiger partial charge in [0.15, 0.2) is 0 Å². The van der Waals surface area contributed by atoms with Gasteiger partial charge in [0, 0.05) is 18.0 Å². The highest BCUT2D eigenvalue weighted by Crippen LogP contribution is 2.38. The standard InChI is InChI=1S/C12H15BrO2/c1-15-8-10-3-2-9(6-11(10)13)7-12(14)4-5-12/h2-3,6,14H,4-5,7-8H2,1H3. The normalized spacial score (nSPS) is 17.8. The zero-order valence-electron chi connectivity index (χ0n) is 8.79. The summed E-state index contributed by atoms with van der Waals surface area (Å²) in [6.45, 7) is 0.616. The van der Waals surface area contributed by atoms with Crippen LogP contribution in [0.1, 0.15) is 24.0 Å². The number of ether oxygens (including phenoxy) is 1. The van der Waals surface area contributed by atoms with E-state index in [0.29, 0.717) is 6.61 Å². The molecule has 0 saturated heterocycles. The van der Waals surface area contributed by atoms with Crippen molar-refractivity contribution in [1.82, 2.24) is 0 Å². The van der Waals surface area contributed by atoms with Gasteiger partial charge < -0.3 is 9.84 Å². The molecule has 0 heterocycles. The summed E-state index contributed by atoms with van der Waals surface area (Å²) in [5.41, 5.74) is 1.91. The second-order valence-electron chi connectivity index (χ2n) is 4.26. The average Bonchev–Trinajstić information content (AvgIpc) is 2.89. The Morgan fingerprint density at radius 2 is 2.20 bits per heavy atom. The maximum atomic E-state index is 9.81. The molecule has 2 rings (SSSR count). The molecule has 1 saturated carbocycles. The Morgan fingerprint density at radius 3 is 2.73 bits per heavy atom. The maximum Gasteiger partial charge on any atom is 0.0724 e. The van der Waals surface area contributed by atoms with Crippen molar-refractivity contribution in [3.63, 3.8) is 0 Å². The van der Waals surface area contributed by atoms with Gasteiger partial charge in [0.05, 0.1) is 12.2 Å². The van der Waals surface area contributed by atoms with Crippen molar-refractivity contribution in [2.24, 2.45) is 0 Å². The van der Waals surface area contributed by atoms with Crippen LogP contribution in [-0.2, 0) is 17.8 Å². The predicted octanol–water partition coefficient (Wildman–Crippen LogP) is 2.66. The van der Waals surface area contributed by atoms with E-state index in [2.05, 4.69) is 34.1 Å². The number of methoxy groups -OCH3 is 1. The van der Waals surface area contributed by atoms with Gasteiger partial charge in [-0.05, 0) is 30.0 Å². The van der Waals surface area contributed by atoms with E-state index in [1.54, 1.807) is 7.11 Å². The minimum atomic E-state index is -0.414. The quantitative estimate of drug-likeness (QED) is 0.912.